The summed E-state index contributed by atoms with van der Waals surface area (Å²) in [7, 11) is 0. The first kappa shape index (κ1) is 11.7. The minimum atomic E-state index is 0.229. The third-order valence-electron chi connectivity index (χ3n) is 3.00. The van der Waals surface area contributed by atoms with E-state index in [1.165, 1.54) is 11.1 Å². The second-order valence-electron chi connectivity index (χ2n) is 4.69. The van der Waals surface area contributed by atoms with Crippen LogP contribution < -0.4 is 5.73 Å². The lowest BCUT2D eigenvalue weighted by molar-refractivity contribution is 0.549. The van der Waals surface area contributed by atoms with E-state index >= 15 is 0 Å². The van der Waals surface area contributed by atoms with E-state index in [4.69, 9.17) is 10.2 Å². The molecule has 0 amide bonds. The molecule has 0 unspecified atom stereocenters. The molecule has 2 N–H and O–H groups in total. The number of nitrogens with zero attached hydrogens (tertiary/aromatic N) is 1. The molecule has 0 aliphatic rings. The summed E-state index contributed by atoms with van der Waals surface area (Å²) in [4.78, 5) is 4.25. The van der Waals surface area contributed by atoms with E-state index in [1.807, 2.05) is 6.92 Å². The molecule has 90 valence electrons. The van der Waals surface area contributed by atoms with Gasteiger partial charge in [0.1, 0.15) is 11.5 Å². The lowest BCUT2D eigenvalue weighted by atomic mass is 9.96. The topological polar surface area (TPSA) is 52.0 Å². The zero-order chi connectivity index (χ0) is 12.6. The van der Waals surface area contributed by atoms with Gasteiger partial charge in [-0.25, -0.2) is 0 Å². The van der Waals surface area contributed by atoms with Gasteiger partial charge in [-0.15, -0.1) is 0 Å². The van der Waals surface area contributed by atoms with Gasteiger partial charge in [-0.3, -0.25) is 0 Å². The maximum Gasteiger partial charge on any atom is 0.292 e. The third kappa shape index (κ3) is 2.18. The van der Waals surface area contributed by atoms with Crippen LogP contribution in [0.3, 0.4) is 0 Å². The summed E-state index contributed by atoms with van der Waals surface area (Å²) in [6.45, 7) is 8.32. The Kier molecular flexibility index (Phi) is 2.92. The number of anilines is 1. The molecule has 1 aromatic heterocycles. The van der Waals surface area contributed by atoms with Gasteiger partial charge in [0.15, 0.2) is 0 Å². The van der Waals surface area contributed by atoms with Gasteiger partial charge in [0, 0.05) is 5.56 Å². The first-order valence-electron chi connectivity index (χ1n) is 5.83. The van der Waals surface area contributed by atoms with E-state index in [0.29, 0.717) is 5.92 Å². The van der Waals surface area contributed by atoms with Crippen molar-refractivity contribution in [1.29, 1.82) is 0 Å². The predicted octanol–water partition coefficient (Wildman–Crippen LogP) is 3.66. The van der Waals surface area contributed by atoms with E-state index in [9.17, 15) is 0 Å². The van der Waals surface area contributed by atoms with Crippen molar-refractivity contribution in [2.24, 2.45) is 0 Å². The highest BCUT2D eigenvalue weighted by molar-refractivity contribution is 5.67. The molecule has 0 radical (unpaired) electrons. The summed E-state index contributed by atoms with van der Waals surface area (Å²) in [5.74, 6) is 1.27. The van der Waals surface area contributed by atoms with Gasteiger partial charge in [0.2, 0.25) is 0 Å². The van der Waals surface area contributed by atoms with Crippen molar-refractivity contribution in [3.8, 4) is 11.3 Å². The molecule has 1 aromatic carbocycles. The van der Waals surface area contributed by atoms with E-state index in [2.05, 4.69) is 44.0 Å². The van der Waals surface area contributed by atoms with Crippen molar-refractivity contribution in [2.45, 2.75) is 33.6 Å². The van der Waals surface area contributed by atoms with Gasteiger partial charge >= 0.3 is 0 Å². The first-order valence-corrected chi connectivity index (χ1v) is 5.83. The average molecular weight is 230 g/mol. The van der Waals surface area contributed by atoms with Crippen LogP contribution in [0.25, 0.3) is 11.3 Å². The zero-order valence-electron chi connectivity index (χ0n) is 10.7. The molecular formula is C14H18N2O. The fraction of sp³-hybridized carbons (Fsp3) is 0.357. The molecule has 0 bridgehead atoms. The van der Waals surface area contributed by atoms with Crippen LogP contribution in [0.15, 0.2) is 22.6 Å². The Labute approximate surface area is 102 Å². The Morgan fingerprint density at radius 1 is 1.24 bits per heavy atom. The number of nitrogens with two attached hydrogens (primary N) is 1. The summed E-state index contributed by atoms with van der Waals surface area (Å²) in [6.07, 6.45) is 0. The standard InChI is InChI=1S/C14H18N2O/c1-8(2)11-6-5-9(3)12(7-11)13-10(4)17-14(15)16-13/h5-8H,1-4H3,(H2,15,16). The maximum atomic E-state index is 5.59. The van der Waals surface area contributed by atoms with Crippen LogP contribution >= 0.6 is 0 Å². The third-order valence-corrected chi connectivity index (χ3v) is 3.00. The summed E-state index contributed by atoms with van der Waals surface area (Å²) in [6, 6.07) is 6.67. The molecule has 17 heavy (non-hydrogen) atoms. The highest BCUT2D eigenvalue weighted by Gasteiger charge is 2.13. The molecule has 3 heteroatoms. The smallest absolute Gasteiger partial charge is 0.292 e. The SMILES string of the molecule is Cc1ccc(C(C)C)cc1-c1nc(N)oc1C. The van der Waals surface area contributed by atoms with Crippen molar-refractivity contribution in [3.63, 3.8) is 0 Å². The highest BCUT2D eigenvalue weighted by Crippen LogP contribution is 2.30. The summed E-state index contributed by atoms with van der Waals surface area (Å²) < 4.78 is 5.29. The maximum absolute atomic E-state index is 5.59. The fourth-order valence-corrected chi connectivity index (χ4v) is 1.92. The number of aryl methyl sites for hydroxylation is 2. The quantitative estimate of drug-likeness (QED) is 0.856. The molecular weight excluding hydrogens is 212 g/mol. The summed E-state index contributed by atoms with van der Waals surface area (Å²) in [5.41, 5.74) is 10.0. The Morgan fingerprint density at radius 2 is 1.94 bits per heavy atom. The fourth-order valence-electron chi connectivity index (χ4n) is 1.92. The van der Waals surface area contributed by atoms with Gasteiger partial charge < -0.3 is 10.2 Å². The number of oxazole rings is 1. The Hall–Kier alpha value is -1.77. The molecule has 3 nitrogen and oxygen atoms in total. The monoisotopic (exact) mass is 230 g/mol. The molecule has 0 saturated heterocycles. The van der Waals surface area contributed by atoms with E-state index in [0.717, 1.165) is 17.0 Å². The Morgan fingerprint density at radius 3 is 2.47 bits per heavy atom. The number of hydrogen-bond acceptors (Lipinski definition) is 3. The van der Waals surface area contributed by atoms with Crippen LogP contribution in [0.2, 0.25) is 0 Å². The zero-order valence-corrected chi connectivity index (χ0v) is 10.7. The normalized spacial score (nSPS) is 11.1. The lowest BCUT2D eigenvalue weighted by Gasteiger charge is -2.09. The largest absolute Gasteiger partial charge is 0.429 e. The molecule has 0 aliphatic carbocycles. The van der Waals surface area contributed by atoms with Crippen LogP contribution in [0, 0.1) is 13.8 Å². The van der Waals surface area contributed by atoms with Crippen molar-refractivity contribution in [2.75, 3.05) is 5.73 Å². The van der Waals surface area contributed by atoms with Crippen molar-refractivity contribution in [3.05, 3.63) is 35.1 Å². The summed E-state index contributed by atoms with van der Waals surface area (Å²) >= 11 is 0. The van der Waals surface area contributed by atoms with Crippen LogP contribution in [-0.4, -0.2) is 4.98 Å². The minimum Gasteiger partial charge on any atom is -0.429 e. The number of rotatable bonds is 2. The van der Waals surface area contributed by atoms with Gasteiger partial charge in [0.05, 0.1) is 0 Å². The van der Waals surface area contributed by atoms with Crippen LogP contribution in [-0.2, 0) is 0 Å². The molecule has 0 saturated carbocycles. The highest BCUT2D eigenvalue weighted by atomic mass is 16.4. The summed E-state index contributed by atoms with van der Waals surface area (Å²) in [5, 5.41) is 0. The number of hydrogen-bond donors (Lipinski definition) is 1. The molecule has 0 aliphatic heterocycles. The van der Waals surface area contributed by atoms with E-state index in [1.54, 1.807) is 0 Å². The molecule has 0 fully saturated rings. The van der Waals surface area contributed by atoms with E-state index < -0.39 is 0 Å². The second kappa shape index (κ2) is 4.24. The molecule has 2 aromatic rings. The van der Waals surface area contributed by atoms with Gasteiger partial charge in [-0.05, 0) is 37.0 Å². The van der Waals surface area contributed by atoms with Gasteiger partial charge in [0.25, 0.3) is 6.01 Å². The number of nitrogen functional groups attached to an aromatic ring is 1. The Bertz CT molecular complexity index is 541. The van der Waals surface area contributed by atoms with Gasteiger partial charge in [-0.1, -0.05) is 26.0 Å². The first-order chi connectivity index (χ1) is 7.99. The minimum absolute atomic E-state index is 0.229. The second-order valence-corrected chi connectivity index (χ2v) is 4.69. The molecule has 1 heterocycles. The Balaban J connectivity index is 2.58. The van der Waals surface area contributed by atoms with Crippen LogP contribution in [0.1, 0.15) is 36.7 Å². The van der Waals surface area contributed by atoms with Crippen molar-refractivity contribution >= 4 is 6.01 Å². The van der Waals surface area contributed by atoms with Gasteiger partial charge in [-0.2, -0.15) is 4.98 Å². The van der Waals surface area contributed by atoms with E-state index in [-0.39, 0.29) is 6.01 Å². The van der Waals surface area contributed by atoms with Crippen molar-refractivity contribution < 1.29 is 4.42 Å². The van der Waals surface area contributed by atoms with Crippen LogP contribution in [0.4, 0.5) is 6.01 Å². The van der Waals surface area contributed by atoms with Crippen molar-refractivity contribution in [1.82, 2.24) is 4.98 Å². The average Bonchev–Trinajstić information content (AvgIpc) is 2.58. The molecule has 0 spiro atoms. The van der Waals surface area contributed by atoms with Crippen LogP contribution in [0.5, 0.6) is 0 Å². The predicted molar refractivity (Wildman–Crippen MR) is 69.9 cm³/mol. The lowest BCUT2D eigenvalue weighted by Crippen LogP contribution is -1.92. The molecule has 0 atom stereocenters. The number of benzene rings is 1. The molecule has 2 rings (SSSR count). The number of aromatic nitrogens is 1.